The Morgan fingerprint density at radius 3 is 2.35 bits per heavy atom. The van der Waals surface area contributed by atoms with Crippen molar-refractivity contribution >= 4 is 23.5 Å². The highest BCUT2D eigenvalue weighted by molar-refractivity contribution is 5.97. The molecule has 0 spiro atoms. The average molecular weight is 428 g/mol. The first-order valence-corrected chi connectivity index (χ1v) is 9.83. The number of methoxy groups -OCH3 is 1. The van der Waals surface area contributed by atoms with Crippen LogP contribution >= 0.6 is 0 Å². The summed E-state index contributed by atoms with van der Waals surface area (Å²) in [5, 5.41) is 7.86. The van der Waals surface area contributed by atoms with Crippen molar-refractivity contribution in [3.63, 3.8) is 0 Å². The number of rotatable bonds is 6. The molecule has 2 aromatic carbocycles. The van der Waals surface area contributed by atoms with Crippen LogP contribution in [0.4, 0.5) is 14.9 Å². The first kappa shape index (κ1) is 22.1. The number of benzene rings is 2. The predicted octanol–water partition coefficient (Wildman–Crippen LogP) is 2.08. The molecule has 1 saturated heterocycles. The molecule has 3 atom stereocenters. The number of carbonyl (C=O) groups excluding carboxylic acids is 3. The summed E-state index contributed by atoms with van der Waals surface area (Å²) >= 11 is 0. The Labute approximate surface area is 179 Å². The van der Waals surface area contributed by atoms with E-state index in [2.05, 4.69) is 16.0 Å². The van der Waals surface area contributed by atoms with Crippen LogP contribution in [-0.4, -0.2) is 55.5 Å². The number of urea groups is 1. The van der Waals surface area contributed by atoms with Crippen LogP contribution in [0.1, 0.15) is 18.4 Å². The number of hydrogen-bond acceptors (Lipinski definition) is 4. The number of halogens is 1. The fourth-order valence-electron chi connectivity index (χ4n) is 3.61. The van der Waals surface area contributed by atoms with Crippen LogP contribution in [0.15, 0.2) is 48.5 Å². The highest BCUT2D eigenvalue weighted by Crippen LogP contribution is 2.31. The topological polar surface area (TPSA) is 99.8 Å². The van der Waals surface area contributed by atoms with Gasteiger partial charge in [0.15, 0.2) is 0 Å². The third kappa shape index (κ3) is 4.93. The van der Waals surface area contributed by atoms with Gasteiger partial charge in [0, 0.05) is 25.2 Å². The first-order valence-electron chi connectivity index (χ1n) is 9.83. The average Bonchev–Trinajstić information content (AvgIpc) is 3.10. The third-order valence-corrected chi connectivity index (χ3v) is 5.37. The second kappa shape index (κ2) is 9.46. The van der Waals surface area contributed by atoms with E-state index < -0.39 is 23.9 Å². The number of likely N-dealkylation sites (N-methyl/N-ethyl adjacent to an activating group) is 1. The molecule has 1 fully saturated rings. The van der Waals surface area contributed by atoms with Gasteiger partial charge in [-0.1, -0.05) is 12.1 Å². The van der Waals surface area contributed by atoms with Crippen LogP contribution in [0.25, 0.3) is 0 Å². The lowest BCUT2D eigenvalue weighted by atomic mass is 9.94. The SMILES string of the molecule is CNC(=O)C(C)N1CC(c2ccc(OC)cc2)C(NC(=O)Nc2ccc(F)cc2)C1=O. The van der Waals surface area contributed by atoms with Gasteiger partial charge in [0.1, 0.15) is 23.7 Å². The highest BCUT2D eigenvalue weighted by Gasteiger charge is 2.45. The molecule has 3 unspecified atom stereocenters. The maximum absolute atomic E-state index is 13.1. The standard InChI is InChI=1S/C22H25FN4O4/c1-13(20(28)24-2)27-12-18(14-4-10-17(31-3)11-5-14)19(21(27)29)26-22(30)25-16-8-6-15(23)7-9-16/h4-11,13,18-19H,12H2,1-3H3,(H,24,28)(H2,25,26,30). The van der Waals surface area contributed by atoms with Crippen LogP contribution in [0.2, 0.25) is 0 Å². The van der Waals surface area contributed by atoms with E-state index in [9.17, 15) is 18.8 Å². The van der Waals surface area contributed by atoms with E-state index in [4.69, 9.17) is 4.74 Å². The molecule has 3 rings (SSSR count). The molecule has 0 aliphatic carbocycles. The van der Waals surface area contributed by atoms with Crippen molar-refractivity contribution in [3.8, 4) is 5.75 Å². The number of anilines is 1. The maximum atomic E-state index is 13.1. The Morgan fingerprint density at radius 1 is 1.13 bits per heavy atom. The summed E-state index contributed by atoms with van der Waals surface area (Å²) in [6.07, 6.45) is 0. The number of nitrogens with zero attached hydrogens (tertiary/aromatic N) is 1. The number of amides is 4. The third-order valence-electron chi connectivity index (χ3n) is 5.37. The zero-order valence-corrected chi connectivity index (χ0v) is 17.5. The summed E-state index contributed by atoms with van der Waals surface area (Å²) in [5.41, 5.74) is 1.22. The van der Waals surface area contributed by atoms with Crippen LogP contribution in [0, 0.1) is 5.82 Å². The monoisotopic (exact) mass is 428 g/mol. The van der Waals surface area contributed by atoms with Crippen molar-refractivity contribution in [2.75, 3.05) is 26.0 Å². The molecule has 4 amide bonds. The minimum Gasteiger partial charge on any atom is -0.497 e. The highest BCUT2D eigenvalue weighted by atomic mass is 19.1. The summed E-state index contributed by atoms with van der Waals surface area (Å²) in [6.45, 7) is 1.91. The fourth-order valence-corrected chi connectivity index (χ4v) is 3.61. The van der Waals surface area contributed by atoms with Gasteiger partial charge in [-0.25, -0.2) is 9.18 Å². The predicted molar refractivity (Wildman–Crippen MR) is 113 cm³/mol. The van der Waals surface area contributed by atoms with Gasteiger partial charge in [-0.05, 0) is 48.9 Å². The van der Waals surface area contributed by atoms with Gasteiger partial charge < -0.3 is 25.6 Å². The maximum Gasteiger partial charge on any atom is 0.319 e. The molecule has 2 aromatic rings. The molecule has 1 aliphatic heterocycles. The first-order chi connectivity index (χ1) is 14.8. The van der Waals surface area contributed by atoms with Crippen LogP contribution < -0.4 is 20.7 Å². The lowest BCUT2D eigenvalue weighted by molar-refractivity contribution is -0.137. The summed E-state index contributed by atoms with van der Waals surface area (Å²) < 4.78 is 18.3. The van der Waals surface area contributed by atoms with Crippen molar-refractivity contribution in [2.45, 2.75) is 24.9 Å². The van der Waals surface area contributed by atoms with Crippen molar-refractivity contribution < 1.29 is 23.5 Å². The molecule has 1 heterocycles. The van der Waals surface area contributed by atoms with Crippen molar-refractivity contribution in [1.82, 2.24) is 15.5 Å². The Bertz CT molecular complexity index is 949. The van der Waals surface area contributed by atoms with E-state index in [1.54, 1.807) is 26.2 Å². The lowest BCUT2D eigenvalue weighted by Crippen LogP contribution is -2.49. The lowest BCUT2D eigenvalue weighted by Gasteiger charge is -2.23. The number of likely N-dealkylation sites (tertiary alicyclic amines) is 1. The van der Waals surface area contributed by atoms with Gasteiger partial charge in [0.25, 0.3) is 0 Å². The Kier molecular flexibility index (Phi) is 6.74. The van der Waals surface area contributed by atoms with Gasteiger partial charge in [-0.3, -0.25) is 9.59 Å². The van der Waals surface area contributed by atoms with E-state index in [1.165, 1.54) is 36.2 Å². The summed E-state index contributed by atoms with van der Waals surface area (Å²) in [4.78, 5) is 39.3. The second-order valence-corrected chi connectivity index (χ2v) is 7.24. The fraction of sp³-hybridized carbons (Fsp3) is 0.318. The largest absolute Gasteiger partial charge is 0.497 e. The number of nitrogens with one attached hydrogen (secondary N) is 3. The smallest absolute Gasteiger partial charge is 0.319 e. The zero-order valence-electron chi connectivity index (χ0n) is 17.5. The van der Waals surface area contributed by atoms with Crippen LogP contribution in [0.3, 0.4) is 0 Å². The van der Waals surface area contributed by atoms with E-state index in [0.717, 1.165) is 5.56 Å². The molecule has 0 saturated carbocycles. The van der Waals surface area contributed by atoms with Crippen molar-refractivity contribution in [3.05, 3.63) is 59.9 Å². The summed E-state index contributed by atoms with van der Waals surface area (Å²) in [6, 6.07) is 10.4. The Morgan fingerprint density at radius 2 is 1.77 bits per heavy atom. The van der Waals surface area contributed by atoms with E-state index in [-0.39, 0.29) is 24.3 Å². The molecular weight excluding hydrogens is 403 g/mol. The molecule has 0 bridgehead atoms. The van der Waals surface area contributed by atoms with Crippen molar-refractivity contribution in [1.29, 1.82) is 0 Å². The quantitative estimate of drug-likeness (QED) is 0.656. The van der Waals surface area contributed by atoms with E-state index in [1.807, 2.05) is 12.1 Å². The van der Waals surface area contributed by atoms with Crippen LogP contribution in [0.5, 0.6) is 5.75 Å². The molecular formula is C22H25FN4O4. The molecule has 0 aromatic heterocycles. The molecule has 1 aliphatic rings. The van der Waals surface area contributed by atoms with Gasteiger partial charge >= 0.3 is 6.03 Å². The van der Waals surface area contributed by atoms with Gasteiger partial charge in [-0.2, -0.15) is 0 Å². The Hall–Kier alpha value is -3.62. The second-order valence-electron chi connectivity index (χ2n) is 7.24. The number of hydrogen-bond donors (Lipinski definition) is 3. The molecule has 8 nitrogen and oxygen atoms in total. The summed E-state index contributed by atoms with van der Waals surface area (Å²) in [5.74, 6) is -0.772. The van der Waals surface area contributed by atoms with E-state index in [0.29, 0.717) is 11.4 Å². The van der Waals surface area contributed by atoms with Gasteiger partial charge in [0.2, 0.25) is 11.8 Å². The van der Waals surface area contributed by atoms with Gasteiger partial charge in [0.05, 0.1) is 7.11 Å². The van der Waals surface area contributed by atoms with Gasteiger partial charge in [-0.15, -0.1) is 0 Å². The normalized spacial score (nSPS) is 19.0. The number of ether oxygens (including phenoxy) is 1. The van der Waals surface area contributed by atoms with Crippen LogP contribution in [-0.2, 0) is 9.59 Å². The molecule has 164 valence electrons. The molecule has 31 heavy (non-hydrogen) atoms. The summed E-state index contributed by atoms with van der Waals surface area (Å²) in [7, 11) is 3.07. The minimum atomic E-state index is -0.874. The Balaban J connectivity index is 1.82. The molecule has 3 N–H and O–H groups in total. The van der Waals surface area contributed by atoms with Crippen molar-refractivity contribution in [2.24, 2.45) is 0 Å². The van der Waals surface area contributed by atoms with E-state index >= 15 is 0 Å². The molecule has 9 heteroatoms. The number of carbonyl (C=O) groups is 3. The molecule has 0 radical (unpaired) electrons. The minimum absolute atomic E-state index is 0.265. The zero-order chi connectivity index (χ0) is 22.5.